The second-order valence-corrected chi connectivity index (χ2v) is 5.56. The van der Waals surface area contributed by atoms with E-state index in [1.54, 1.807) is 0 Å². The summed E-state index contributed by atoms with van der Waals surface area (Å²) in [7, 11) is 4.38. The van der Waals surface area contributed by atoms with Gasteiger partial charge in [-0.1, -0.05) is 37.6 Å². The molecule has 0 aromatic heterocycles. The van der Waals surface area contributed by atoms with Crippen LogP contribution in [0.1, 0.15) is 43.4 Å². The molecule has 0 bridgehead atoms. The van der Waals surface area contributed by atoms with Crippen LogP contribution in [0.3, 0.4) is 0 Å². The van der Waals surface area contributed by atoms with Gasteiger partial charge in [0.1, 0.15) is 0 Å². The van der Waals surface area contributed by atoms with Crippen molar-refractivity contribution >= 4 is 0 Å². The minimum atomic E-state index is 0.496. The van der Waals surface area contributed by atoms with Crippen molar-refractivity contribution < 1.29 is 0 Å². The molecule has 2 unspecified atom stereocenters. The summed E-state index contributed by atoms with van der Waals surface area (Å²) in [5.41, 5.74) is 2.87. The molecule has 1 saturated heterocycles. The molecule has 2 heteroatoms. The van der Waals surface area contributed by atoms with Crippen molar-refractivity contribution in [2.45, 2.75) is 44.7 Å². The Labute approximate surface area is 111 Å². The van der Waals surface area contributed by atoms with E-state index in [1.165, 1.54) is 36.9 Å². The number of rotatable bonds is 4. The van der Waals surface area contributed by atoms with Crippen LogP contribution in [0.25, 0.3) is 0 Å². The monoisotopic (exact) mass is 246 g/mol. The topological polar surface area (TPSA) is 15.3 Å². The smallest absolute Gasteiger partial charge is 0.0495 e. The zero-order chi connectivity index (χ0) is 13.0. The van der Waals surface area contributed by atoms with Crippen molar-refractivity contribution in [3.63, 3.8) is 0 Å². The van der Waals surface area contributed by atoms with Gasteiger partial charge in [-0.3, -0.25) is 0 Å². The Bertz CT molecular complexity index is 350. The van der Waals surface area contributed by atoms with E-state index in [4.69, 9.17) is 0 Å². The molecule has 2 atom stereocenters. The van der Waals surface area contributed by atoms with Crippen molar-refractivity contribution in [2.24, 2.45) is 0 Å². The van der Waals surface area contributed by atoms with Gasteiger partial charge in [-0.05, 0) is 51.0 Å². The van der Waals surface area contributed by atoms with Crippen molar-refractivity contribution in [1.29, 1.82) is 0 Å². The summed E-state index contributed by atoms with van der Waals surface area (Å²) in [6, 6.07) is 10.3. The summed E-state index contributed by atoms with van der Waals surface area (Å²) in [6.45, 7) is 3.38. The molecule has 0 saturated carbocycles. The van der Waals surface area contributed by atoms with Gasteiger partial charge in [-0.25, -0.2) is 0 Å². The summed E-state index contributed by atoms with van der Waals surface area (Å²) in [6.07, 6.45) is 5.09. The van der Waals surface area contributed by atoms with E-state index < -0.39 is 0 Å². The van der Waals surface area contributed by atoms with Crippen LogP contribution in [0.5, 0.6) is 0 Å². The Balaban J connectivity index is 2.17. The third-order valence-electron chi connectivity index (χ3n) is 4.02. The first-order valence-electron chi connectivity index (χ1n) is 7.21. The molecule has 0 amide bonds. The molecular weight excluding hydrogens is 220 g/mol. The predicted octanol–water partition coefficient (Wildman–Crippen LogP) is 2.99. The fraction of sp³-hybridized carbons (Fsp3) is 0.625. The minimum Gasteiger partial charge on any atom is -0.312 e. The molecule has 18 heavy (non-hydrogen) atoms. The fourth-order valence-corrected chi connectivity index (χ4v) is 2.99. The van der Waals surface area contributed by atoms with Gasteiger partial charge in [0.15, 0.2) is 0 Å². The van der Waals surface area contributed by atoms with Gasteiger partial charge in [0, 0.05) is 12.1 Å². The molecule has 0 radical (unpaired) electrons. The lowest BCUT2D eigenvalue weighted by Crippen LogP contribution is -2.44. The highest BCUT2D eigenvalue weighted by Gasteiger charge is 2.26. The maximum Gasteiger partial charge on any atom is 0.0495 e. The van der Waals surface area contributed by atoms with Crippen molar-refractivity contribution in [3.05, 3.63) is 35.4 Å². The van der Waals surface area contributed by atoms with E-state index in [9.17, 15) is 0 Å². The molecule has 2 nitrogen and oxygen atoms in total. The molecule has 1 aromatic carbocycles. The number of likely N-dealkylation sites (N-methyl/N-ethyl adjacent to an activating group) is 1. The molecular formula is C16H26N2. The van der Waals surface area contributed by atoms with Gasteiger partial charge < -0.3 is 10.2 Å². The van der Waals surface area contributed by atoms with E-state index in [0.29, 0.717) is 12.1 Å². The largest absolute Gasteiger partial charge is 0.312 e. The summed E-state index contributed by atoms with van der Waals surface area (Å²) >= 11 is 0. The van der Waals surface area contributed by atoms with E-state index >= 15 is 0 Å². The van der Waals surface area contributed by atoms with Gasteiger partial charge in [-0.15, -0.1) is 0 Å². The van der Waals surface area contributed by atoms with Crippen molar-refractivity contribution in [2.75, 3.05) is 20.6 Å². The number of nitrogens with zero attached hydrogens (tertiary/aromatic N) is 1. The maximum absolute atomic E-state index is 3.69. The zero-order valence-corrected chi connectivity index (χ0v) is 11.9. The number of nitrogens with one attached hydrogen (secondary N) is 1. The fourth-order valence-electron chi connectivity index (χ4n) is 2.99. The predicted molar refractivity (Wildman–Crippen MR) is 77.9 cm³/mol. The van der Waals surface area contributed by atoms with Crippen LogP contribution in [-0.2, 0) is 6.42 Å². The van der Waals surface area contributed by atoms with E-state index in [-0.39, 0.29) is 0 Å². The molecule has 100 valence electrons. The lowest BCUT2D eigenvalue weighted by atomic mass is 9.91. The van der Waals surface area contributed by atoms with Crippen LogP contribution in [0.15, 0.2) is 24.3 Å². The first kappa shape index (κ1) is 13.6. The van der Waals surface area contributed by atoms with E-state index in [0.717, 1.165) is 6.42 Å². The zero-order valence-electron chi connectivity index (χ0n) is 11.9. The first-order valence-corrected chi connectivity index (χ1v) is 7.21. The quantitative estimate of drug-likeness (QED) is 0.878. The van der Waals surface area contributed by atoms with Crippen LogP contribution in [-0.4, -0.2) is 31.6 Å². The summed E-state index contributed by atoms with van der Waals surface area (Å²) in [4.78, 5) is 2.35. The molecule has 1 aliphatic rings. The van der Waals surface area contributed by atoms with Gasteiger partial charge in [-0.2, -0.15) is 0 Å². The average molecular weight is 246 g/mol. The average Bonchev–Trinajstić information content (AvgIpc) is 2.40. The first-order chi connectivity index (χ1) is 8.72. The molecule has 0 spiro atoms. The Kier molecular flexibility index (Phi) is 4.79. The second-order valence-electron chi connectivity index (χ2n) is 5.56. The second kappa shape index (κ2) is 6.35. The third-order valence-corrected chi connectivity index (χ3v) is 4.02. The molecule has 1 N–H and O–H groups in total. The van der Waals surface area contributed by atoms with Crippen LogP contribution < -0.4 is 5.32 Å². The highest BCUT2D eigenvalue weighted by Crippen LogP contribution is 2.27. The molecule has 0 aliphatic carbocycles. The van der Waals surface area contributed by atoms with Crippen LogP contribution in [0.2, 0.25) is 0 Å². The lowest BCUT2D eigenvalue weighted by molar-refractivity contribution is 0.205. The number of piperidine rings is 1. The number of aryl methyl sites for hydroxylation is 1. The molecule has 1 aliphatic heterocycles. The van der Waals surface area contributed by atoms with Crippen LogP contribution in [0.4, 0.5) is 0 Å². The van der Waals surface area contributed by atoms with Gasteiger partial charge in [0.25, 0.3) is 0 Å². The Morgan fingerprint density at radius 2 is 1.94 bits per heavy atom. The molecule has 1 heterocycles. The lowest BCUT2D eigenvalue weighted by Gasteiger charge is -2.36. The van der Waals surface area contributed by atoms with Gasteiger partial charge in [0.2, 0.25) is 0 Å². The van der Waals surface area contributed by atoms with Gasteiger partial charge in [0.05, 0.1) is 0 Å². The van der Waals surface area contributed by atoms with Crippen molar-refractivity contribution in [3.8, 4) is 0 Å². The summed E-state index contributed by atoms with van der Waals surface area (Å²) in [5.74, 6) is 0. The Hall–Kier alpha value is -0.860. The van der Waals surface area contributed by atoms with Crippen LogP contribution >= 0.6 is 0 Å². The number of hydrogen-bond acceptors (Lipinski definition) is 2. The number of benzene rings is 1. The third kappa shape index (κ3) is 3.12. The van der Waals surface area contributed by atoms with Crippen molar-refractivity contribution in [1.82, 2.24) is 10.2 Å². The Morgan fingerprint density at radius 3 is 2.44 bits per heavy atom. The normalized spacial score (nSPS) is 22.1. The van der Waals surface area contributed by atoms with E-state index in [1.807, 2.05) is 0 Å². The summed E-state index contributed by atoms with van der Waals surface area (Å²) < 4.78 is 0. The Morgan fingerprint density at radius 1 is 1.22 bits per heavy atom. The minimum absolute atomic E-state index is 0.496. The summed E-state index contributed by atoms with van der Waals surface area (Å²) in [5, 5.41) is 3.69. The highest BCUT2D eigenvalue weighted by atomic mass is 15.1. The molecule has 1 aromatic rings. The van der Waals surface area contributed by atoms with Crippen LogP contribution in [0, 0.1) is 0 Å². The highest BCUT2D eigenvalue weighted by molar-refractivity contribution is 5.26. The maximum atomic E-state index is 3.69. The van der Waals surface area contributed by atoms with Gasteiger partial charge >= 0.3 is 0 Å². The molecule has 1 fully saturated rings. The standard InChI is InChI=1S/C16H26N2/c1-4-13-8-10-14(11-9-13)16(18(2)3)15-7-5-6-12-17-15/h8-11,15-17H,4-7,12H2,1-3H3. The SMILES string of the molecule is CCc1ccc(C(C2CCCCN2)N(C)C)cc1. The molecule has 2 rings (SSSR count). The number of hydrogen-bond donors (Lipinski definition) is 1. The van der Waals surface area contributed by atoms with E-state index in [2.05, 4.69) is 55.5 Å².